The summed E-state index contributed by atoms with van der Waals surface area (Å²) < 4.78 is 40.0. The van der Waals surface area contributed by atoms with Crippen molar-refractivity contribution in [1.82, 2.24) is 10.2 Å². The van der Waals surface area contributed by atoms with E-state index in [0.717, 1.165) is 25.9 Å². The highest BCUT2D eigenvalue weighted by Crippen LogP contribution is 2.40. The molecule has 0 aromatic heterocycles. The molecule has 1 amide bonds. The van der Waals surface area contributed by atoms with Gasteiger partial charge >= 0.3 is 6.61 Å². The number of nitrogens with one attached hydrogen (secondary N) is 1. The Hall–Kier alpha value is -1.80. The van der Waals surface area contributed by atoms with Crippen LogP contribution in [0.4, 0.5) is 8.78 Å². The summed E-state index contributed by atoms with van der Waals surface area (Å²) in [5.41, 5.74) is 0.315. The summed E-state index contributed by atoms with van der Waals surface area (Å²) >= 11 is 0. The molecular weight excluding hydrogens is 370 g/mol. The molecule has 1 saturated heterocycles. The zero-order valence-corrected chi connectivity index (χ0v) is 15.9. The fourth-order valence-corrected chi connectivity index (χ4v) is 2.97. The lowest BCUT2D eigenvalue weighted by atomic mass is 10.1. The number of carbonyl (C=O) groups is 1. The Morgan fingerprint density at radius 1 is 1.31 bits per heavy atom. The summed E-state index contributed by atoms with van der Waals surface area (Å²) in [7, 11) is 2.65. The van der Waals surface area contributed by atoms with Crippen LogP contribution in [0.5, 0.6) is 17.2 Å². The molecule has 6 nitrogen and oxygen atoms in total. The Bertz CT molecular complexity index is 573. The van der Waals surface area contributed by atoms with Crippen LogP contribution in [-0.4, -0.2) is 57.3 Å². The van der Waals surface area contributed by atoms with Crippen molar-refractivity contribution < 1.29 is 27.8 Å². The summed E-state index contributed by atoms with van der Waals surface area (Å²) in [5.74, 6) is -0.343. The minimum absolute atomic E-state index is 0. The first kappa shape index (κ1) is 22.2. The SMILES string of the molecule is CCCN(C(=O)c1cc(OC)c(OC(F)F)c(OC)c1)C1CCNC1.Cl. The highest BCUT2D eigenvalue weighted by atomic mass is 35.5. The molecule has 2 rings (SSSR count). The van der Waals surface area contributed by atoms with Crippen LogP contribution in [0.2, 0.25) is 0 Å². The third kappa shape index (κ3) is 5.11. The molecule has 148 valence electrons. The van der Waals surface area contributed by atoms with E-state index >= 15 is 0 Å². The van der Waals surface area contributed by atoms with Crippen molar-refractivity contribution in [3.8, 4) is 17.2 Å². The highest BCUT2D eigenvalue weighted by Gasteiger charge is 2.28. The molecule has 1 N–H and O–H groups in total. The first-order chi connectivity index (χ1) is 12.0. The van der Waals surface area contributed by atoms with Crippen LogP contribution >= 0.6 is 12.4 Å². The fourth-order valence-electron chi connectivity index (χ4n) is 2.97. The smallest absolute Gasteiger partial charge is 0.387 e. The molecule has 1 unspecified atom stereocenters. The van der Waals surface area contributed by atoms with Gasteiger partial charge in [-0.2, -0.15) is 8.78 Å². The monoisotopic (exact) mass is 394 g/mol. The minimum Gasteiger partial charge on any atom is -0.493 e. The zero-order valence-electron chi connectivity index (χ0n) is 15.1. The maximum absolute atomic E-state index is 13.0. The molecule has 0 bridgehead atoms. The van der Waals surface area contributed by atoms with E-state index in [1.807, 2.05) is 11.8 Å². The first-order valence-electron chi connectivity index (χ1n) is 8.24. The van der Waals surface area contributed by atoms with Crippen molar-refractivity contribution in [2.75, 3.05) is 33.9 Å². The fraction of sp³-hybridized carbons (Fsp3) is 0.588. The van der Waals surface area contributed by atoms with E-state index in [9.17, 15) is 13.6 Å². The molecule has 26 heavy (non-hydrogen) atoms. The number of carbonyl (C=O) groups excluding carboxylic acids is 1. The van der Waals surface area contributed by atoms with E-state index in [1.54, 1.807) is 0 Å². The third-order valence-electron chi connectivity index (χ3n) is 4.11. The van der Waals surface area contributed by atoms with Crippen molar-refractivity contribution in [2.24, 2.45) is 0 Å². The average molecular weight is 395 g/mol. The molecule has 0 radical (unpaired) electrons. The molecule has 1 atom stereocenters. The number of ether oxygens (including phenoxy) is 3. The predicted octanol–water partition coefficient (Wildman–Crippen LogP) is 2.94. The molecule has 1 heterocycles. The van der Waals surface area contributed by atoms with Crippen molar-refractivity contribution in [3.63, 3.8) is 0 Å². The van der Waals surface area contributed by atoms with E-state index in [0.29, 0.717) is 12.1 Å². The van der Waals surface area contributed by atoms with Gasteiger partial charge in [0.15, 0.2) is 11.5 Å². The molecule has 1 fully saturated rings. The summed E-state index contributed by atoms with van der Waals surface area (Å²) in [6.07, 6.45) is 1.70. The number of methoxy groups -OCH3 is 2. The van der Waals surface area contributed by atoms with Crippen LogP contribution in [0.3, 0.4) is 0 Å². The van der Waals surface area contributed by atoms with Gasteiger partial charge in [0.1, 0.15) is 0 Å². The standard InChI is InChI=1S/C17H24F2N2O4.ClH/c1-4-7-21(12-5-6-20-10-12)16(22)11-8-13(23-2)15(25-17(18)19)14(9-11)24-3;/h8-9,12,17,20H,4-7,10H2,1-3H3;1H. The minimum atomic E-state index is -3.02. The topological polar surface area (TPSA) is 60.0 Å². The molecule has 1 aromatic rings. The van der Waals surface area contributed by atoms with Gasteiger partial charge in [0.2, 0.25) is 5.75 Å². The van der Waals surface area contributed by atoms with Crippen LogP contribution < -0.4 is 19.5 Å². The lowest BCUT2D eigenvalue weighted by Crippen LogP contribution is -2.42. The van der Waals surface area contributed by atoms with Crippen LogP contribution in [-0.2, 0) is 0 Å². The van der Waals surface area contributed by atoms with Crippen LogP contribution in [0, 0.1) is 0 Å². The van der Waals surface area contributed by atoms with Crippen LogP contribution in [0.25, 0.3) is 0 Å². The molecule has 1 aromatic carbocycles. The molecule has 1 aliphatic heterocycles. The van der Waals surface area contributed by atoms with Crippen molar-refractivity contribution in [3.05, 3.63) is 17.7 Å². The maximum Gasteiger partial charge on any atom is 0.387 e. The lowest BCUT2D eigenvalue weighted by molar-refractivity contribution is -0.0526. The Kier molecular flexibility index (Phi) is 8.87. The number of rotatable bonds is 8. The number of alkyl halides is 2. The van der Waals surface area contributed by atoms with Crippen molar-refractivity contribution >= 4 is 18.3 Å². The summed E-state index contributed by atoms with van der Waals surface area (Å²) in [6.45, 7) is 1.21. The Morgan fingerprint density at radius 2 is 1.92 bits per heavy atom. The Labute approximate surface area is 158 Å². The summed E-state index contributed by atoms with van der Waals surface area (Å²) in [4.78, 5) is 14.8. The number of benzene rings is 1. The van der Waals surface area contributed by atoms with E-state index in [4.69, 9.17) is 9.47 Å². The van der Waals surface area contributed by atoms with Gasteiger partial charge in [0, 0.05) is 24.7 Å². The zero-order chi connectivity index (χ0) is 18.4. The molecule has 0 spiro atoms. The van der Waals surface area contributed by atoms with Crippen molar-refractivity contribution in [2.45, 2.75) is 32.4 Å². The van der Waals surface area contributed by atoms with E-state index in [-0.39, 0.29) is 41.6 Å². The average Bonchev–Trinajstić information content (AvgIpc) is 3.12. The second-order valence-electron chi connectivity index (χ2n) is 5.73. The molecule has 0 aliphatic carbocycles. The number of hydrogen-bond donors (Lipinski definition) is 1. The van der Waals surface area contributed by atoms with Gasteiger partial charge in [-0.3, -0.25) is 4.79 Å². The van der Waals surface area contributed by atoms with E-state index in [1.165, 1.54) is 26.4 Å². The number of hydrogen-bond acceptors (Lipinski definition) is 5. The Morgan fingerprint density at radius 3 is 2.35 bits per heavy atom. The molecule has 0 saturated carbocycles. The predicted molar refractivity (Wildman–Crippen MR) is 96.0 cm³/mol. The molecular formula is C17H25ClF2N2O4. The van der Waals surface area contributed by atoms with Gasteiger partial charge in [0.05, 0.1) is 14.2 Å². The van der Waals surface area contributed by atoms with E-state index < -0.39 is 6.61 Å². The largest absolute Gasteiger partial charge is 0.493 e. The molecule has 9 heteroatoms. The Balaban J connectivity index is 0.00000338. The number of halogens is 3. The number of nitrogens with zero attached hydrogens (tertiary/aromatic N) is 1. The van der Waals surface area contributed by atoms with Gasteiger partial charge in [0.25, 0.3) is 5.91 Å². The van der Waals surface area contributed by atoms with Gasteiger partial charge in [-0.05, 0) is 31.5 Å². The maximum atomic E-state index is 13.0. The van der Waals surface area contributed by atoms with Crippen LogP contribution in [0.15, 0.2) is 12.1 Å². The first-order valence-corrected chi connectivity index (χ1v) is 8.24. The van der Waals surface area contributed by atoms with Gasteiger partial charge < -0.3 is 24.4 Å². The van der Waals surface area contributed by atoms with Gasteiger partial charge in [-0.15, -0.1) is 12.4 Å². The second kappa shape index (κ2) is 10.4. The van der Waals surface area contributed by atoms with Crippen molar-refractivity contribution in [1.29, 1.82) is 0 Å². The number of amides is 1. The quantitative estimate of drug-likeness (QED) is 0.734. The second-order valence-corrected chi connectivity index (χ2v) is 5.73. The summed E-state index contributed by atoms with van der Waals surface area (Å²) in [6, 6.07) is 2.93. The normalized spacial score (nSPS) is 16.2. The lowest BCUT2D eigenvalue weighted by Gasteiger charge is -2.28. The van der Waals surface area contributed by atoms with Gasteiger partial charge in [-0.25, -0.2) is 0 Å². The third-order valence-corrected chi connectivity index (χ3v) is 4.11. The van der Waals surface area contributed by atoms with Gasteiger partial charge in [-0.1, -0.05) is 6.92 Å². The molecule has 1 aliphatic rings. The highest BCUT2D eigenvalue weighted by molar-refractivity contribution is 5.96. The van der Waals surface area contributed by atoms with Crippen LogP contribution in [0.1, 0.15) is 30.1 Å². The van der Waals surface area contributed by atoms with E-state index in [2.05, 4.69) is 10.1 Å². The summed E-state index contributed by atoms with van der Waals surface area (Å²) in [5, 5.41) is 3.25.